The van der Waals surface area contributed by atoms with Gasteiger partial charge in [-0.2, -0.15) is 0 Å². The first kappa shape index (κ1) is 42.4. The van der Waals surface area contributed by atoms with Gasteiger partial charge in [0.1, 0.15) is 0 Å². The summed E-state index contributed by atoms with van der Waals surface area (Å²) in [6.45, 7) is 25.1. The molecule has 0 saturated heterocycles. The average Bonchev–Trinajstić information content (AvgIpc) is 2.89. The normalized spacial score (nSPS) is 8.74. The predicted octanol–water partition coefficient (Wildman–Crippen LogP) is 3.87. The van der Waals surface area contributed by atoms with Crippen LogP contribution in [-0.2, 0) is 49.3 Å². The fourth-order valence-corrected chi connectivity index (χ4v) is 4.72. The number of hydrogen-bond donors (Lipinski definition) is 2. The van der Waals surface area contributed by atoms with E-state index in [0.717, 1.165) is 0 Å². The molecule has 2 aromatic carbocycles. The maximum absolute atomic E-state index is 10.1. The third-order valence-electron chi connectivity index (χ3n) is 3.79. The van der Waals surface area contributed by atoms with Gasteiger partial charge in [-0.05, 0) is 38.0 Å². The SMILES string of the molecule is CC(C(=O)O)=C(C)C(=O)O.CC(C)P(c1ccccc1)c1ccccc1.[C-]#[O+].[C-]#[O+].[C-]#[O+].[C-]#[O+].[W]. The minimum atomic E-state index is -1.19. The van der Waals surface area contributed by atoms with Gasteiger partial charge in [0, 0.05) is 32.2 Å². The van der Waals surface area contributed by atoms with E-state index >= 15 is 0 Å². The van der Waals surface area contributed by atoms with Crippen molar-refractivity contribution < 1.29 is 59.5 Å². The zero-order valence-electron chi connectivity index (χ0n) is 19.6. The Morgan fingerprint density at radius 3 is 1.06 bits per heavy atom. The van der Waals surface area contributed by atoms with E-state index < -0.39 is 11.9 Å². The van der Waals surface area contributed by atoms with E-state index in [1.165, 1.54) is 24.5 Å². The van der Waals surface area contributed by atoms with E-state index in [0.29, 0.717) is 5.66 Å². The molecule has 0 aliphatic heterocycles. The Hall–Kier alpha value is -2.80. The van der Waals surface area contributed by atoms with Gasteiger partial charge in [0.05, 0.1) is 0 Å². The number of benzene rings is 2. The van der Waals surface area contributed by atoms with Crippen molar-refractivity contribution in [2.24, 2.45) is 0 Å². The number of carboxylic acid groups (broad SMARTS) is 2. The Bertz CT molecular complexity index is 848. The Morgan fingerprint density at radius 1 is 0.657 bits per heavy atom. The Balaban J connectivity index is -0.000000138. The van der Waals surface area contributed by atoms with Crippen LogP contribution < -0.4 is 10.6 Å². The molecule has 0 fully saturated rings. The maximum Gasteiger partial charge on any atom is 0 e. The Kier molecular flexibility index (Phi) is 35.4. The van der Waals surface area contributed by atoms with Crippen LogP contribution in [0.5, 0.6) is 0 Å². The smallest absolute Gasteiger partial charge is 0 e. The third kappa shape index (κ3) is 19.2. The number of rotatable bonds is 5. The van der Waals surface area contributed by atoms with Crippen molar-refractivity contribution >= 4 is 30.5 Å². The molecule has 0 aliphatic carbocycles. The molecule has 0 aliphatic rings. The van der Waals surface area contributed by atoms with Crippen LogP contribution in [0.15, 0.2) is 71.8 Å². The van der Waals surface area contributed by atoms with Crippen molar-refractivity contribution in [3.8, 4) is 0 Å². The molecule has 35 heavy (non-hydrogen) atoms. The number of aliphatic carboxylic acids is 2. The quantitative estimate of drug-likeness (QED) is 0.215. The second-order valence-corrected chi connectivity index (χ2v) is 8.80. The van der Waals surface area contributed by atoms with Crippen molar-refractivity contribution in [1.29, 1.82) is 0 Å². The molecular formula is C25H25O8PW. The first-order valence-electron chi connectivity index (χ1n) is 9.10. The minimum absolute atomic E-state index is 0. The van der Waals surface area contributed by atoms with Crippen LogP contribution in [0.4, 0.5) is 0 Å². The third-order valence-corrected chi connectivity index (χ3v) is 6.53. The predicted molar refractivity (Wildman–Crippen MR) is 124 cm³/mol. The number of carbonyl (C=O) groups is 2. The summed E-state index contributed by atoms with van der Waals surface area (Å²) in [6, 6.07) is 21.7. The first-order chi connectivity index (χ1) is 16.3. The molecule has 0 amide bonds. The summed E-state index contributed by atoms with van der Waals surface area (Å²) in [7, 11) is -0.210. The van der Waals surface area contributed by atoms with Gasteiger partial charge in [-0.25, -0.2) is 9.59 Å². The summed E-state index contributed by atoms with van der Waals surface area (Å²) in [5, 5.41) is 19.5. The molecule has 0 unspecified atom stereocenters. The van der Waals surface area contributed by atoms with Gasteiger partial charge in [-0.15, -0.1) is 0 Å². The summed E-state index contributed by atoms with van der Waals surface area (Å²) in [6.07, 6.45) is 0. The van der Waals surface area contributed by atoms with Gasteiger partial charge in [0.15, 0.2) is 0 Å². The van der Waals surface area contributed by atoms with Crippen molar-refractivity contribution in [3.63, 3.8) is 0 Å². The molecule has 10 heteroatoms. The summed E-state index contributed by atoms with van der Waals surface area (Å²) in [4.78, 5) is 20.2. The van der Waals surface area contributed by atoms with Crippen LogP contribution in [0.1, 0.15) is 27.7 Å². The molecule has 0 atom stereocenters. The van der Waals surface area contributed by atoms with Crippen LogP contribution >= 0.6 is 7.92 Å². The summed E-state index contributed by atoms with van der Waals surface area (Å²) in [5.41, 5.74) is 0.416. The van der Waals surface area contributed by atoms with Gasteiger partial charge in [0.25, 0.3) is 0 Å². The minimum Gasteiger partial charge on any atom is 0 e. The Morgan fingerprint density at radius 2 is 0.886 bits per heavy atom. The largest absolute Gasteiger partial charge is 0 e. The first-order valence-corrected chi connectivity index (χ1v) is 10.5. The molecule has 0 aromatic heterocycles. The van der Waals surface area contributed by atoms with Crippen molar-refractivity contribution in [2.75, 3.05) is 0 Å². The van der Waals surface area contributed by atoms with E-state index in [1.807, 2.05) is 0 Å². The van der Waals surface area contributed by atoms with E-state index in [1.54, 1.807) is 0 Å². The summed E-state index contributed by atoms with van der Waals surface area (Å²) >= 11 is 0. The molecule has 0 radical (unpaired) electrons. The summed E-state index contributed by atoms with van der Waals surface area (Å²) in [5.74, 6) is -2.39. The molecule has 8 nitrogen and oxygen atoms in total. The summed E-state index contributed by atoms with van der Waals surface area (Å²) < 4.78 is 30.0. The fraction of sp³-hybridized carbons (Fsp3) is 0.200. The van der Waals surface area contributed by atoms with Crippen LogP contribution in [-0.4, -0.2) is 27.8 Å². The zero-order chi connectivity index (χ0) is 27.7. The van der Waals surface area contributed by atoms with E-state index in [-0.39, 0.29) is 40.1 Å². The average molecular weight is 668 g/mol. The van der Waals surface area contributed by atoms with Crippen molar-refractivity contribution in [3.05, 3.63) is 98.4 Å². The van der Waals surface area contributed by atoms with E-state index in [2.05, 4.69) is 101 Å². The zero-order valence-corrected chi connectivity index (χ0v) is 23.4. The van der Waals surface area contributed by atoms with Gasteiger partial charge in [-0.3, -0.25) is 0 Å². The van der Waals surface area contributed by atoms with Crippen LogP contribution in [0.25, 0.3) is 0 Å². The maximum atomic E-state index is 10.1. The van der Waals surface area contributed by atoms with E-state index in [9.17, 15) is 9.59 Å². The van der Waals surface area contributed by atoms with Gasteiger partial charge >= 0.3 is 57.1 Å². The van der Waals surface area contributed by atoms with Gasteiger partial charge in [0.2, 0.25) is 0 Å². The molecule has 0 saturated carbocycles. The molecule has 0 heterocycles. The molecule has 184 valence electrons. The van der Waals surface area contributed by atoms with Gasteiger partial charge in [-0.1, -0.05) is 74.5 Å². The molecule has 2 rings (SSSR count). The Labute approximate surface area is 221 Å². The number of carboxylic acids is 2. The van der Waals surface area contributed by atoms with Crippen LogP contribution in [0, 0.1) is 26.6 Å². The molecule has 2 N–H and O–H groups in total. The molecular weight excluding hydrogens is 643 g/mol. The molecule has 2 aromatic rings. The van der Waals surface area contributed by atoms with Crippen molar-refractivity contribution in [2.45, 2.75) is 33.4 Å². The van der Waals surface area contributed by atoms with Gasteiger partial charge < -0.3 is 10.2 Å². The van der Waals surface area contributed by atoms with Crippen molar-refractivity contribution in [1.82, 2.24) is 0 Å². The second kappa shape index (κ2) is 29.2. The monoisotopic (exact) mass is 668 g/mol. The standard InChI is InChI=1S/C15H17P.C6H8O4.4CO.W/c1-13(2)16(14-9-5-3-6-10-14)15-11-7-4-8-12-15;1-3(5(7)8)4(2)6(9)10;4*1-2;/h3-13H,1-2H3;1-2H3,(H,7,8)(H,9,10);;;;;. The number of hydrogen-bond acceptors (Lipinski definition) is 2. The fourth-order valence-electron chi connectivity index (χ4n) is 2.24. The van der Waals surface area contributed by atoms with E-state index in [4.69, 9.17) is 28.8 Å². The van der Waals surface area contributed by atoms with Crippen LogP contribution in [0.3, 0.4) is 0 Å². The molecule has 0 bridgehead atoms. The second-order valence-electron chi connectivity index (χ2n) is 6.00. The van der Waals surface area contributed by atoms with Crippen LogP contribution in [0.2, 0.25) is 0 Å². The molecule has 0 spiro atoms. The topological polar surface area (TPSA) is 154 Å².